The first-order valence-corrected chi connectivity index (χ1v) is 4.92. The van der Waals surface area contributed by atoms with Crippen LogP contribution in [0, 0.1) is 5.82 Å². The van der Waals surface area contributed by atoms with Crippen LogP contribution in [0.25, 0.3) is 0 Å². The van der Waals surface area contributed by atoms with Crippen molar-refractivity contribution in [1.82, 2.24) is 0 Å². The minimum Gasteiger partial charge on any atom is -0.483 e. The van der Waals surface area contributed by atoms with Gasteiger partial charge in [0, 0.05) is 6.54 Å². The fraction of sp³-hybridized carbons (Fsp3) is 0.333. The van der Waals surface area contributed by atoms with Gasteiger partial charge in [-0.3, -0.25) is 0 Å². The standard InChI is InChI=1S/C9H9BrF3NO/c10-6-1-5(3-14)2-7(11)9(6)15-4-8(12)13/h1-2,8H,3-4,14H2. The van der Waals surface area contributed by atoms with Gasteiger partial charge in [-0.25, -0.2) is 13.2 Å². The number of rotatable bonds is 4. The van der Waals surface area contributed by atoms with Crippen molar-refractivity contribution in [2.75, 3.05) is 6.61 Å². The molecule has 0 amide bonds. The van der Waals surface area contributed by atoms with Crippen LogP contribution in [-0.2, 0) is 6.54 Å². The average Bonchev–Trinajstić information content (AvgIpc) is 2.15. The first-order chi connectivity index (χ1) is 7.04. The second-order valence-corrected chi connectivity index (χ2v) is 3.65. The molecule has 2 N–H and O–H groups in total. The largest absolute Gasteiger partial charge is 0.483 e. The Bertz CT molecular complexity index is 323. The Kier molecular flexibility index (Phi) is 4.41. The summed E-state index contributed by atoms with van der Waals surface area (Å²) >= 11 is 3.02. The van der Waals surface area contributed by atoms with Crippen LogP contribution >= 0.6 is 15.9 Å². The molecule has 0 bridgehead atoms. The van der Waals surface area contributed by atoms with Crippen LogP contribution in [0.4, 0.5) is 13.2 Å². The monoisotopic (exact) mass is 283 g/mol. The van der Waals surface area contributed by atoms with Gasteiger partial charge in [0.1, 0.15) is 6.61 Å². The van der Waals surface area contributed by atoms with Gasteiger partial charge in [0.05, 0.1) is 4.47 Å². The molecule has 6 heteroatoms. The molecule has 2 nitrogen and oxygen atoms in total. The van der Waals surface area contributed by atoms with Crippen LogP contribution in [0.15, 0.2) is 16.6 Å². The predicted molar refractivity (Wildman–Crippen MR) is 53.5 cm³/mol. The van der Waals surface area contributed by atoms with E-state index in [0.717, 1.165) is 6.07 Å². The smallest absolute Gasteiger partial charge is 0.272 e. The van der Waals surface area contributed by atoms with E-state index < -0.39 is 18.8 Å². The average molecular weight is 284 g/mol. The van der Waals surface area contributed by atoms with Crippen molar-refractivity contribution in [2.45, 2.75) is 13.0 Å². The van der Waals surface area contributed by atoms with Gasteiger partial charge in [-0.15, -0.1) is 0 Å². The van der Waals surface area contributed by atoms with E-state index in [-0.39, 0.29) is 16.8 Å². The second-order valence-electron chi connectivity index (χ2n) is 2.79. The van der Waals surface area contributed by atoms with E-state index in [1.165, 1.54) is 6.07 Å². The van der Waals surface area contributed by atoms with Crippen molar-refractivity contribution in [1.29, 1.82) is 0 Å². The lowest BCUT2D eigenvalue weighted by molar-refractivity contribution is 0.0795. The highest BCUT2D eigenvalue weighted by Crippen LogP contribution is 2.29. The Labute approximate surface area is 93.3 Å². The zero-order chi connectivity index (χ0) is 11.4. The lowest BCUT2D eigenvalue weighted by Crippen LogP contribution is -2.09. The van der Waals surface area contributed by atoms with Gasteiger partial charge in [-0.1, -0.05) is 0 Å². The van der Waals surface area contributed by atoms with Crippen molar-refractivity contribution in [3.8, 4) is 5.75 Å². The topological polar surface area (TPSA) is 35.2 Å². The molecule has 0 aliphatic rings. The van der Waals surface area contributed by atoms with Crippen LogP contribution in [0.5, 0.6) is 5.75 Å². The molecular weight excluding hydrogens is 275 g/mol. The zero-order valence-electron chi connectivity index (χ0n) is 7.64. The maximum atomic E-state index is 13.3. The Morgan fingerprint density at radius 2 is 2.07 bits per heavy atom. The number of ether oxygens (including phenoxy) is 1. The molecule has 1 rings (SSSR count). The predicted octanol–water partition coefficient (Wildman–Crippen LogP) is 2.69. The third kappa shape index (κ3) is 3.39. The summed E-state index contributed by atoms with van der Waals surface area (Å²) in [5.41, 5.74) is 5.87. The van der Waals surface area contributed by atoms with Crippen LogP contribution in [-0.4, -0.2) is 13.0 Å². The van der Waals surface area contributed by atoms with Crippen molar-refractivity contribution < 1.29 is 17.9 Å². The number of hydrogen-bond acceptors (Lipinski definition) is 2. The zero-order valence-corrected chi connectivity index (χ0v) is 9.23. The highest BCUT2D eigenvalue weighted by Gasteiger charge is 2.12. The van der Waals surface area contributed by atoms with E-state index in [1.54, 1.807) is 0 Å². The van der Waals surface area contributed by atoms with Gasteiger partial charge >= 0.3 is 0 Å². The third-order valence-corrected chi connectivity index (χ3v) is 2.24. The molecule has 0 fully saturated rings. The molecule has 1 aromatic rings. The molecule has 1 aromatic carbocycles. The Morgan fingerprint density at radius 1 is 1.40 bits per heavy atom. The second kappa shape index (κ2) is 5.37. The van der Waals surface area contributed by atoms with Gasteiger partial charge in [0.25, 0.3) is 6.43 Å². The molecule has 84 valence electrons. The summed E-state index contributed by atoms with van der Waals surface area (Å²) in [5.74, 6) is -0.919. The van der Waals surface area contributed by atoms with Crippen molar-refractivity contribution in [3.63, 3.8) is 0 Å². The van der Waals surface area contributed by atoms with Crippen molar-refractivity contribution in [3.05, 3.63) is 28.0 Å². The number of hydrogen-bond donors (Lipinski definition) is 1. The van der Waals surface area contributed by atoms with Gasteiger partial charge in [-0.05, 0) is 33.6 Å². The fourth-order valence-corrected chi connectivity index (χ4v) is 1.61. The maximum absolute atomic E-state index is 13.3. The summed E-state index contributed by atoms with van der Waals surface area (Å²) in [6, 6.07) is 2.69. The van der Waals surface area contributed by atoms with E-state index in [4.69, 9.17) is 5.73 Å². The molecular formula is C9H9BrF3NO. The molecule has 0 aliphatic carbocycles. The van der Waals surface area contributed by atoms with E-state index in [0.29, 0.717) is 5.56 Å². The number of nitrogens with two attached hydrogens (primary N) is 1. The summed E-state index contributed by atoms with van der Waals surface area (Å²) in [7, 11) is 0. The molecule has 0 heterocycles. The van der Waals surface area contributed by atoms with Crippen LogP contribution in [0.3, 0.4) is 0 Å². The molecule has 0 saturated carbocycles. The highest BCUT2D eigenvalue weighted by atomic mass is 79.9. The third-order valence-electron chi connectivity index (χ3n) is 1.65. The lowest BCUT2D eigenvalue weighted by Gasteiger charge is -2.10. The van der Waals surface area contributed by atoms with E-state index in [2.05, 4.69) is 20.7 Å². The normalized spacial score (nSPS) is 10.8. The quantitative estimate of drug-likeness (QED) is 0.922. The Hall–Kier alpha value is -0.750. The molecule has 0 saturated heterocycles. The minimum atomic E-state index is -2.63. The summed E-state index contributed by atoms with van der Waals surface area (Å²) in [6.07, 6.45) is -2.63. The van der Waals surface area contributed by atoms with Gasteiger partial charge in [-0.2, -0.15) is 0 Å². The highest BCUT2D eigenvalue weighted by molar-refractivity contribution is 9.10. The Balaban J connectivity index is 2.88. The fourth-order valence-electron chi connectivity index (χ4n) is 1.01. The van der Waals surface area contributed by atoms with Crippen LogP contribution < -0.4 is 10.5 Å². The van der Waals surface area contributed by atoms with Crippen molar-refractivity contribution >= 4 is 15.9 Å². The first kappa shape index (κ1) is 12.3. The summed E-state index contributed by atoms with van der Waals surface area (Å²) in [6.45, 7) is -0.665. The maximum Gasteiger partial charge on any atom is 0.272 e. The molecule has 0 aromatic heterocycles. The summed E-state index contributed by atoms with van der Waals surface area (Å²) < 4.78 is 41.9. The van der Waals surface area contributed by atoms with Gasteiger partial charge < -0.3 is 10.5 Å². The van der Waals surface area contributed by atoms with Gasteiger partial charge in [0.15, 0.2) is 11.6 Å². The Morgan fingerprint density at radius 3 is 2.53 bits per heavy atom. The molecule has 15 heavy (non-hydrogen) atoms. The SMILES string of the molecule is NCc1cc(F)c(OCC(F)F)c(Br)c1. The molecule has 0 spiro atoms. The first-order valence-electron chi connectivity index (χ1n) is 4.13. The van der Waals surface area contributed by atoms with Crippen molar-refractivity contribution in [2.24, 2.45) is 5.73 Å². The van der Waals surface area contributed by atoms with Crippen LogP contribution in [0.1, 0.15) is 5.56 Å². The van der Waals surface area contributed by atoms with Crippen LogP contribution in [0.2, 0.25) is 0 Å². The molecule has 0 unspecified atom stereocenters. The van der Waals surface area contributed by atoms with E-state index in [9.17, 15) is 13.2 Å². The summed E-state index contributed by atoms with van der Waals surface area (Å²) in [4.78, 5) is 0. The van der Waals surface area contributed by atoms with E-state index in [1.807, 2.05) is 0 Å². The van der Waals surface area contributed by atoms with E-state index >= 15 is 0 Å². The number of alkyl halides is 2. The number of halogens is 4. The van der Waals surface area contributed by atoms with Gasteiger partial charge in [0.2, 0.25) is 0 Å². The molecule has 0 aliphatic heterocycles. The summed E-state index contributed by atoms with van der Waals surface area (Å²) in [5, 5.41) is 0. The molecule has 0 atom stereocenters. The number of benzene rings is 1. The lowest BCUT2D eigenvalue weighted by atomic mass is 10.2. The minimum absolute atomic E-state index is 0.171. The molecule has 0 radical (unpaired) electrons.